The van der Waals surface area contributed by atoms with E-state index in [2.05, 4.69) is 34.5 Å². The van der Waals surface area contributed by atoms with Crippen LogP contribution in [0.25, 0.3) is 0 Å². The lowest BCUT2D eigenvalue weighted by Gasteiger charge is -2.06. The lowest BCUT2D eigenvalue weighted by Crippen LogP contribution is -2.12. The second kappa shape index (κ2) is 9.12. The van der Waals surface area contributed by atoms with Gasteiger partial charge in [0.25, 0.3) is 5.91 Å². The van der Waals surface area contributed by atoms with Crippen LogP contribution >= 0.6 is 11.3 Å². The van der Waals surface area contributed by atoms with Gasteiger partial charge in [-0.05, 0) is 44.4 Å². The number of aryl methyl sites for hydroxylation is 1. The van der Waals surface area contributed by atoms with E-state index in [0.717, 1.165) is 23.4 Å². The second-order valence-electron chi connectivity index (χ2n) is 7.04. The molecule has 2 heterocycles. The van der Waals surface area contributed by atoms with Gasteiger partial charge < -0.3 is 0 Å². The van der Waals surface area contributed by atoms with E-state index in [4.69, 9.17) is 0 Å². The SMILES string of the molecule is CCC(CC)c1nnc(NC(=O)c2ccc(Cn3nc(C)c([N+](=O)[O-])c3C)cc2)s1. The fourth-order valence-electron chi connectivity index (χ4n) is 3.30. The molecule has 0 fully saturated rings. The highest BCUT2D eigenvalue weighted by Gasteiger charge is 2.21. The third-order valence-electron chi connectivity index (χ3n) is 5.07. The Labute approximate surface area is 178 Å². The predicted molar refractivity (Wildman–Crippen MR) is 115 cm³/mol. The van der Waals surface area contributed by atoms with Crippen LogP contribution in [0.3, 0.4) is 0 Å². The van der Waals surface area contributed by atoms with Crippen molar-refractivity contribution in [3.05, 3.63) is 61.9 Å². The van der Waals surface area contributed by atoms with Crippen LogP contribution in [0, 0.1) is 24.0 Å². The van der Waals surface area contributed by atoms with Crippen LogP contribution in [0.15, 0.2) is 24.3 Å². The fraction of sp³-hybridized carbons (Fsp3) is 0.400. The van der Waals surface area contributed by atoms with E-state index in [9.17, 15) is 14.9 Å². The Morgan fingerprint density at radius 1 is 1.20 bits per heavy atom. The summed E-state index contributed by atoms with van der Waals surface area (Å²) >= 11 is 1.40. The summed E-state index contributed by atoms with van der Waals surface area (Å²) in [6.07, 6.45) is 1.97. The summed E-state index contributed by atoms with van der Waals surface area (Å²) in [6.45, 7) is 7.91. The van der Waals surface area contributed by atoms with Crippen molar-refractivity contribution < 1.29 is 9.72 Å². The molecule has 3 rings (SSSR count). The number of nitrogens with zero attached hydrogens (tertiary/aromatic N) is 5. The number of aromatic nitrogens is 4. The van der Waals surface area contributed by atoms with E-state index in [1.54, 1.807) is 30.7 Å². The lowest BCUT2D eigenvalue weighted by atomic mass is 10.1. The lowest BCUT2D eigenvalue weighted by molar-refractivity contribution is -0.386. The highest BCUT2D eigenvalue weighted by atomic mass is 32.1. The molecule has 0 aliphatic carbocycles. The number of nitrogens with one attached hydrogen (secondary N) is 1. The minimum Gasteiger partial charge on any atom is -0.296 e. The van der Waals surface area contributed by atoms with Crippen LogP contribution in [0.2, 0.25) is 0 Å². The van der Waals surface area contributed by atoms with Gasteiger partial charge in [-0.3, -0.25) is 24.9 Å². The van der Waals surface area contributed by atoms with Crippen LogP contribution in [0.1, 0.15) is 64.9 Å². The Bertz CT molecular complexity index is 1050. The summed E-state index contributed by atoms with van der Waals surface area (Å²) < 4.78 is 1.60. The van der Waals surface area contributed by atoms with Gasteiger partial charge in [0, 0.05) is 11.5 Å². The number of hydrogen-bond acceptors (Lipinski definition) is 7. The summed E-state index contributed by atoms with van der Waals surface area (Å²) in [7, 11) is 0. The number of benzene rings is 1. The van der Waals surface area contributed by atoms with Crippen LogP contribution in [-0.2, 0) is 6.54 Å². The zero-order valence-corrected chi connectivity index (χ0v) is 18.2. The van der Waals surface area contributed by atoms with Gasteiger partial charge in [-0.15, -0.1) is 10.2 Å². The monoisotopic (exact) mass is 428 g/mol. The molecule has 158 valence electrons. The number of carbonyl (C=O) groups excluding carboxylic acids is 1. The molecule has 0 spiro atoms. The van der Waals surface area contributed by atoms with Gasteiger partial charge in [0.1, 0.15) is 16.4 Å². The summed E-state index contributed by atoms with van der Waals surface area (Å²) in [5.74, 6) is 0.105. The van der Waals surface area contributed by atoms with E-state index >= 15 is 0 Å². The summed E-state index contributed by atoms with van der Waals surface area (Å²) in [5.41, 5.74) is 2.31. The Kier molecular flexibility index (Phi) is 6.56. The second-order valence-corrected chi connectivity index (χ2v) is 8.05. The first-order valence-electron chi connectivity index (χ1n) is 9.76. The van der Waals surface area contributed by atoms with Crippen molar-refractivity contribution in [1.82, 2.24) is 20.0 Å². The van der Waals surface area contributed by atoms with E-state index in [1.165, 1.54) is 11.3 Å². The molecule has 1 amide bonds. The summed E-state index contributed by atoms with van der Waals surface area (Å²) in [6, 6.07) is 7.06. The topological polar surface area (TPSA) is 116 Å². The minimum atomic E-state index is -0.413. The number of amides is 1. The first-order valence-corrected chi connectivity index (χ1v) is 10.6. The van der Waals surface area contributed by atoms with Crippen molar-refractivity contribution >= 4 is 28.1 Å². The third-order valence-corrected chi connectivity index (χ3v) is 6.07. The van der Waals surface area contributed by atoms with Gasteiger partial charge in [-0.1, -0.05) is 37.3 Å². The van der Waals surface area contributed by atoms with Gasteiger partial charge in [-0.2, -0.15) is 5.10 Å². The molecule has 10 heteroatoms. The Hall–Kier alpha value is -3.14. The number of anilines is 1. The molecular weight excluding hydrogens is 404 g/mol. The zero-order chi connectivity index (χ0) is 21.8. The highest BCUT2D eigenvalue weighted by molar-refractivity contribution is 7.15. The first-order chi connectivity index (χ1) is 14.3. The third kappa shape index (κ3) is 4.54. The zero-order valence-electron chi connectivity index (χ0n) is 17.4. The van der Waals surface area contributed by atoms with Crippen molar-refractivity contribution in [2.45, 2.75) is 53.0 Å². The van der Waals surface area contributed by atoms with Crippen molar-refractivity contribution in [1.29, 1.82) is 0 Å². The van der Waals surface area contributed by atoms with Gasteiger partial charge in [0.05, 0.1) is 11.5 Å². The van der Waals surface area contributed by atoms with Crippen molar-refractivity contribution in [2.75, 3.05) is 5.32 Å². The van der Waals surface area contributed by atoms with Gasteiger partial charge in [0.15, 0.2) is 0 Å². The van der Waals surface area contributed by atoms with Crippen LogP contribution in [0.4, 0.5) is 10.8 Å². The number of nitro groups is 1. The minimum absolute atomic E-state index is 0.0378. The fourth-order valence-corrected chi connectivity index (χ4v) is 4.30. The van der Waals surface area contributed by atoms with Gasteiger partial charge in [0.2, 0.25) is 5.13 Å². The molecule has 0 saturated carbocycles. The molecule has 0 bridgehead atoms. The van der Waals surface area contributed by atoms with Crippen molar-refractivity contribution in [3.63, 3.8) is 0 Å². The van der Waals surface area contributed by atoms with Gasteiger partial charge in [-0.25, -0.2) is 0 Å². The maximum atomic E-state index is 12.5. The van der Waals surface area contributed by atoms with E-state index in [0.29, 0.717) is 34.5 Å². The first kappa shape index (κ1) is 21.6. The molecular formula is C20H24N6O3S. The highest BCUT2D eigenvalue weighted by Crippen LogP contribution is 2.28. The molecule has 0 unspecified atom stereocenters. The molecule has 9 nitrogen and oxygen atoms in total. The quantitative estimate of drug-likeness (QED) is 0.418. The molecule has 2 aromatic heterocycles. The molecule has 0 atom stereocenters. The number of carbonyl (C=O) groups is 1. The predicted octanol–water partition coefficient (Wildman–Crippen LogP) is 4.46. The van der Waals surface area contributed by atoms with Crippen molar-refractivity contribution in [2.24, 2.45) is 0 Å². The van der Waals surface area contributed by atoms with Crippen LogP contribution in [0.5, 0.6) is 0 Å². The average Bonchev–Trinajstić information content (AvgIpc) is 3.27. The van der Waals surface area contributed by atoms with E-state index in [1.807, 2.05) is 12.1 Å². The molecule has 1 N–H and O–H groups in total. The molecule has 1 aromatic carbocycles. The Morgan fingerprint density at radius 2 is 1.87 bits per heavy atom. The maximum Gasteiger partial charge on any atom is 0.312 e. The van der Waals surface area contributed by atoms with Crippen LogP contribution < -0.4 is 5.32 Å². The number of hydrogen-bond donors (Lipinski definition) is 1. The maximum absolute atomic E-state index is 12.5. The van der Waals surface area contributed by atoms with Crippen molar-refractivity contribution in [3.8, 4) is 0 Å². The smallest absolute Gasteiger partial charge is 0.296 e. The summed E-state index contributed by atoms with van der Waals surface area (Å²) in [5, 5.41) is 27.9. The Morgan fingerprint density at radius 3 is 2.43 bits per heavy atom. The molecule has 3 aromatic rings. The average molecular weight is 429 g/mol. The molecule has 30 heavy (non-hydrogen) atoms. The number of rotatable bonds is 8. The molecule has 0 aliphatic heterocycles. The van der Waals surface area contributed by atoms with E-state index in [-0.39, 0.29) is 11.6 Å². The largest absolute Gasteiger partial charge is 0.312 e. The Balaban J connectivity index is 1.68. The molecule has 0 saturated heterocycles. The van der Waals surface area contributed by atoms with Gasteiger partial charge >= 0.3 is 5.69 Å². The normalized spacial score (nSPS) is 11.1. The summed E-state index contributed by atoms with van der Waals surface area (Å²) in [4.78, 5) is 23.3. The van der Waals surface area contributed by atoms with E-state index < -0.39 is 4.92 Å². The molecule has 0 aliphatic rings. The standard InChI is InChI=1S/C20H24N6O3S/c1-5-15(6-2)19-22-23-20(30-19)21-18(27)16-9-7-14(8-10-16)11-25-13(4)17(26(28)29)12(3)24-25/h7-10,15H,5-6,11H2,1-4H3,(H,21,23,27). The molecule has 0 radical (unpaired) electrons. The van der Waals surface area contributed by atoms with Crippen LogP contribution in [-0.4, -0.2) is 30.8 Å².